The maximum Gasteiger partial charge on any atom is 0.417 e. The predicted molar refractivity (Wildman–Crippen MR) is 94.5 cm³/mol. The second kappa shape index (κ2) is 6.92. The molecule has 6 nitrogen and oxygen atoms in total. The van der Waals surface area contributed by atoms with Gasteiger partial charge in [0, 0.05) is 12.1 Å². The molecule has 3 aromatic rings. The molecule has 3 rings (SSSR count). The van der Waals surface area contributed by atoms with Crippen LogP contribution < -0.4 is 15.8 Å². The summed E-state index contributed by atoms with van der Waals surface area (Å²) in [6.45, 7) is 0. The molecule has 1 aromatic heterocycles. The molecule has 0 unspecified atom stereocenters. The van der Waals surface area contributed by atoms with Gasteiger partial charge in [-0.25, -0.2) is 4.79 Å². The van der Waals surface area contributed by atoms with Gasteiger partial charge in [0.1, 0.15) is 5.75 Å². The first-order chi connectivity index (χ1) is 11.5. The Hall–Kier alpha value is -2.54. The van der Waals surface area contributed by atoms with E-state index in [1.54, 1.807) is 25.3 Å². The Bertz CT molecular complexity index is 945. The van der Waals surface area contributed by atoms with E-state index in [-0.39, 0.29) is 5.91 Å². The number of H-pyrrole nitrogens is 1. The molecule has 0 aliphatic rings. The smallest absolute Gasteiger partial charge is 0.417 e. The molecule has 1 amide bonds. The fraction of sp³-hybridized carbons (Fsp3) is 0.176. The molecule has 7 heteroatoms. The van der Waals surface area contributed by atoms with Gasteiger partial charge >= 0.3 is 5.76 Å². The van der Waals surface area contributed by atoms with Crippen LogP contribution in [-0.4, -0.2) is 18.0 Å². The first-order valence-electron chi connectivity index (χ1n) is 7.30. The third kappa shape index (κ3) is 3.68. The van der Waals surface area contributed by atoms with Gasteiger partial charge in [-0.05, 0) is 58.2 Å². The van der Waals surface area contributed by atoms with Gasteiger partial charge in [-0.1, -0.05) is 6.07 Å². The van der Waals surface area contributed by atoms with Gasteiger partial charge in [0.15, 0.2) is 5.58 Å². The fourth-order valence-electron chi connectivity index (χ4n) is 2.38. The molecule has 0 radical (unpaired) electrons. The van der Waals surface area contributed by atoms with E-state index >= 15 is 0 Å². The number of amides is 1. The summed E-state index contributed by atoms with van der Waals surface area (Å²) in [6.07, 6.45) is 0.956. The van der Waals surface area contributed by atoms with Gasteiger partial charge in [0.2, 0.25) is 5.91 Å². The Morgan fingerprint density at radius 3 is 2.88 bits per heavy atom. The highest BCUT2D eigenvalue weighted by Gasteiger charge is 2.07. The monoisotopic (exact) mass is 390 g/mol. The molecule has 0 aliphatic heterocycles. The average Bonchev–Trinajstić information content (AvgIpc) is 2.92. The van der Waals surface area contributed by atoms with Crippen molar-refractivity contribution in [2.75, 3.05) is 12.4 Å². The molecule has 0 saturated heterocycles. The number of rotatable bonds is 5. The fourth-order valence-corrected chi connectivity index (χ4v) is 2.96. The summed E-state index contributed by atoms with van der Waals surface area (Å²) in [4.78, 5) is 25.8. The van der Waals surface area contributed by atoms with Crippen LogP contribution in [0.4, 0.5) is 5.69 Å². The van der Waals surface area contributed by atoms with Crippen LogP contribution in [-0.2, 0) is 11.2 Å². The van der Waals surface area contributed by atoms with Crippen molar-refractivity contribution in [2.45, 2.75) is 12.8 Å². The topological polar surface area (TPSA) is 84.3 Å². The Morgan fingerprint density at radius 1 is 1.29 bits per heavy atom. The number of oxazole rings is 1. The number of aromatic amines is 1. The van der Waals surface area contributed by atoms with Crippen LogP contribution in [0.5, 0.6) is 5.75 Å². The number of aryl methyl sites for hydroxylation is 1. The number of methoxy groups -OCH3 is 1. The molecular formula is C17H15BrN2O4. The minimum Gasteiger partial charge on any atom is -0.496 e. The lowest BCUT2D eigenvalue weighted by Gasteiger charge is -2.07. The van der Waals surface area contributed by atoms with Crippen LogP contribution in [0.2, 0.25) is 0 Å². The molecule has 0 saturated carbocycles. The third-order valence-corrected chi connectivity index (χ3v) is 4.18. The van der Waals surface area contributed by atoms with Gasteiger partial charge in [0.05, 0.1) is 17.1 Å². The minimum absolute atomic E-state index is 0.105. The van der Waals surface area contributed by atoms with E-state index in [1.807, 2.05) is 18.2 Å². The number of anilines is 1. The van der Waals surface area contributed by atoms with Gasteiger partial charge in [0.25, 0.3) is 0 Å². The molecule has 1 heterocycles. The van der Waals surface area contributed by atoms with E-state index in [4.69, 9.17) is 9.15 Å². The van der Waals surface area contributed by atoms with Crippen LogP contribution in [0, 0.1) is 0 Å². The summed E-state index contributed by atoms with van der Waals surface area (Å²) in [7, 11) is 1.61. The average molecular weight is 391 g/mol. The second-order valence-corrected chi connectivity index (χ2v) is 6.10. The van der Waals surface area contributed by atoms with E-state index in [9.17, 15) is 9.59 Å². The SMILES string of the molecule is COc1ccc(CCC(=O)Nc2ccc3oc(=O)[nH]c3c2)cc1Br. The third-order valence-electron chi connectivity index (χ3n) is 3.56. The van der Waals surface area contributed by atoms with Crippen LogP contribution >= 0.6 is 15.9 Å². The molecule has 124 valence electrons. The number of nitrogens with one attached hydrogen (secondary N) is 2. The molecule has 0 atom stereocenters. The normalized spacial score (nSPS) is 10.8. The molecule has 0 spiro atoms. The Morgan fingerprint density at radius 2 is 2.12 bits per heavy atom. The number of aromatic nitrogens is 1. The lowest BCUT2D eigenvalue weighted by molar-refractivity contribution is -0.116. The zero-order chi connectivity index (χ0) is 17.1. The molecule has 2 aromatic carbocycles. The summed E-state index contributed by atoms with van der Waals surface area (Å²) < 4.78 is 11.0. The highest BCUT2D eigenvalue weighted by atomic mass is 79.9. The van der Waals surface area contributed by atoms with Crippen molar-refractivity contribution >= 4 is 38.6 Å². The largest absolute Gasteiger partial charge is 0.496 e. The van der Waals surface area contributed by atoms with Gasteiger partial charge in [-0.3, -0.25) is 9.78 Å². The van der Waals surface area contributed by atoms with Crippen molar-refractivity contribution in [3.05, 3.63) is 57.0 Å². The zero-order valence-electron chi connectivity index (χ0n) is 12.9. The number of ether oxygens (including phenoxy) is 1. The number of benzene rings is 2. The maximum atomic E-state index is 12.1. The molecule has 2 N–H and O–H groups in total. The quantitative estimate of drug-likeness (QED) is 0.698. The zero-order valence-corrected chi connectivity index (χ0v) is 14.5. The Kier molecular flexibility index (Phi) is 4.71. The molecule has 0 fully saturated rings. The number of fused-ring (bicyclic) bond motifs is 1. The number of hydrogen-bond acceptors (Lipinski definition) is 4. The van der Waals surface area contributed by atoms with Crippen LogP contribution in [0.15, 0.2) is 50.1 Å². The van der Waals surface area contributed by atoms with Crippen LogP contribution in [0.25, 0.3) is 11.1 Å². The van der Waals surface area contributed by atoms with Crippen LogP contribution in [0.3, 0.4) is 0 Å². The van der Waals surface area contributed by atoms with Crippen LogP contribution in [0.1, 0.15) is 12.0 Å². The summed E-state index contributed by atoms with van der Waals surface area (Å²) in [5.41, 5.74) is 2.66. The van der Waals surface area contributed by atoms with E-state index in [0.717, 1.165) is 15.8 Å². The van der Waals surface area contributed by atoms with E-state index in [2.05, 4.69) is 26.2 Å². The van der Waals surface area contributed by atoms with Gasteiger partial charge in [-0.2, -0.15) is 0 Å². The van der Waals surface area contributed by atoms with Crippen molar-refractivity contribution in [3.63, 3.8) is 0 Å². The number of carbonyl (C=O) groups is 1. The summed E-state index contributed by atoms with van der Waals surface area (Å²) in [5.74, 6) is 0.135. The Balaban J connectivity index is 1.62. The summed E-state index contributed by atoms with van der Waals surface area (Å²) >= 11 is 3.43. The van der Waals surface area contributed by atoms with E-state index < -0.39 is 5.76 Å². The first kappa shape index (κ1) is 16.3. The van der Waals surface area contributed by atoms with E-state index in [0.29, 0.717) is 29.6 Å². The van der Waals surface area contributed by atoms with E-state index in [1.165, 1.54) is 0 Å². The molecule has 24 heavy (non-hydrogen) atoms. The van der Waals surface area contributed by atoms with Crippen molar-refractivity contribution in [2.24, 2.45) is 0 Å². The van der Waals surface area contributed by atoms with Gasteiger partial charge in [-0.15, -0.1) is 0 Å². The highest BCUT2D eigenvalue weighted by molar-refractivity contribution is 9.10. The minimum atomic E-state index is -0.515. The molecule has 0 bridgehead atoms. The van der Waals surface area contributed by atoms with Gasteiger partial charge < -0.3 is 14.5 Å². The van der Waals surface area contributed by atoms with Crippen molar-refractivity contribution in [3.8, 4) is 5.75 Å². The highest BCUT2D eigenvalue weighted by Crippen LogP contribution is 2.26. The Labute approximate surface area is 145 Å². The standard InChI is InChI=1S/C17H15BrN2O4/c1-23-14-5-2-10(8-12(14)18)3-7-16(21)19-11-4-6-15-13(9-11)20-17(22)24-15/h2,4-6,8-9H,3,7H2,1H3,(H,19,21)(H,20,22). The number of carbonyl (C=O) groups excluding carboxylic acids is 1. The lowest BCUT2D eigenvalue weighted by Crippen LogP contribution is -2.12. The summed E-state index contributed by atoms with van der Waals surface area (Å²) in [5, 5.41) is 2.81. The molecular weight excluding hydrogens is 376 g/mol. The maximum absolute atomic E-state index is 12.1. The molecule has 0 aliphatic carbocycles. The van der Waals surface area contributed by atoms with Crippen molar-refractivity contribution in [1.82, 2.24) is 4.98 Å². The first-order valence-corrected chi connectivity index (χ1v) is 8.09. The predicted octanol–water partition coefficient (Wildman–Crippen LogP) is 3.46. The summed E-state index contributed by atoms with van der Waals surface area (Å²) in [6, 6.07) is 10.7. The number of halogens is 1. The number of hydrogen-bond donors (Lipinski definition) is 2. The lowest BCUT2D eigenvalue weighted by atomic mass is 10.1. The van der Waals surface area contributed by atoms with Crippen molar-refractivity contribution < 1.29 is 13.9 Å². The second-order valence-electron chi connectivity index (χ2n) is 5.24. The van der Waals surface area contributed by atoms with Crippen molar-refractivity contribution in [1.29, 1.82) is 0 Å².